The van der Waals surface area contributed by atoms with Crippen molar-refractivity contribution in [3.63, 3.8) is 0 Å². The predicted octanol–water partition coefficient (Wildman–Crippen LogP) is 6.23. The SMILES string of the molecule is CCCCCCCCCCC(CO)CCCCCCCC.[NaH]. The summed E-state index contributed by atoms with van der Waals surface area (Å²) in [6.45, 7) is 4.95. The molecule has 1 nitrogen and oxygen atoms in total. The van der Waals surface area contributed by atoms with Gasteiger partial charge in [-0.3, -0.25) is 0 Å². The molecule has 1 N–H and O–H groups in total. The molecule has 22 heavy (non-hydrogen) atoms. The summed E-state index contributed by atoms with van der Waals surface area (Å²) in [7, 11) is 0. The Balaban J connectivity index is 0. The Bertz CT molecular complexity index is 185. The van der Waals surface area contributed by atoms with Gasteiger partial charge in [-0.15, -0.1) is 0 Å². The topological polar surface area (TPSA) is 20.2 Å². The zero-order valence-corrected chi connectivity index (χ0v) is 15.0. The van der Waals surface area contributed by atoms with Crippen molar-refractivity contribution in [2.75, 3.05) is 6.61 Å². The Hall–Kier alpha value is 0.960. The molecule has 0 spiro atoms. The van der Waals surface area contributed by atoms with E-state index in [9.17, 15) is 5.11 Å². The number of aliphatic hydroxyl groups excluding tert-OH is 1. The first-order valence-electron chi connectivity index (χ1n) is 9.96. The minimum atomic E-state index is 0. The molecule has 0 aliphatic heterocycles. The zero-order chi connectivity index (χ0) is 15.6. The minimum absolute atomic E-state index is 0. The second-order valence-corrected chi connectivity index (χ2v) is 6.87. The van der Waals surface area contributed by atoms with E-state index in [0.29, 0.717) is 12.5 Å². The number of hydrogen-bond donors (Lipinski definition) is 1. The molecule has 0 radical (unpaired) electrons. The third-order valence-corrected chi connectivity index (χ3v) is 4.69. The van der Waals surface area contributed by atoms with Crippen LogP contribution in [0.15, 0.2) is 0 Å². The van der Waals surface area contributed by atoms with E-state index in [2.05, 4.69) is 13.8 Å². The van der Waals surface area contributed by atoms with Gasteiger partial charge in [-0.2, -0.15) is 0 Å². The van der Waals surface area contributed by atoms with E-state index >= 15 is 0 Å². The van der Waals surface area contributed by atoms with Crippen molar-refractivity contribution in [1.29, 1.82) is 0 Å². The summed E-state index contributed by atoms with van der Waals surface area (Å²) in [4.78, 5) is 0. The van der Waals surface area contributed by atoms with Crippen LogP contribution in [0, 0.1) is 5.92 Å². The van der Waals surface area contributed by atoms with Crippen LogP contribution in [-0.4, -0.2) is 41.3 Å². The molecule has 0 aromatic heterocycles. The van der Waals surface area contributed by atoms with Crippen LogP contribution in [0.25, 0.3) is 0 Å². The molecule has 0 saturated heterocycles. The molecule has 130 valence electrons. The standard InChI is InChI=1S/C20H42O.Na.H/c1-3-5-7-9-11-12-14-16-18-20(19-21)17-15-13-10-8-6-4-2;;/h20-21H,3-19H2,1-2H3;;. The average Bonchev–Trinajstić information content (AvgIpc) is 2.51. The van der Waals surface area contributed by atoms with Crippen molar-refractivity contribution >= 4 is 29.6 Å². The number of aliphatic hydroxyl groups is 1. The normalized spacial score (nSPS) is 12.1. The van der Waals surface area contributed by atoms with Gasteiger partial charge in [-0.1, -0.05) is 104 Å². The summed E-state index contributed by atoms with van der Waals surface area (Å²) in [5.41, 5.74) is 0. The molecule has 2 heteroatoms. The van der Waals surface area contributed by atoms with Gasteiger partial charge >= 0.3 is 29.6 Å². The van der Waals surface area contributed by atoms with Crippen molar-refractivity contribution in [3.05, 3.63) is 0 Å². The van der Waals surface area contributed by atoms with E-state index in [0.717, 1.165) is 0 Å². The van der Waals surface area contributed by atoms with E-state index in [1.165, 1.54) is 103 Å². The molecule has 0 amide bonds. The molecule has 0 heterocycles. The van der Waals surface area contributed by atoms with Gasteiger partial charge < -0.3 is 5.11 Å². The first-order chi connectivity index (χ1) is 10.3. The average molecular weight is 323 g/mol. The molecule has 0 bridgehead atoms. The van der Waals surface area contributed by atoms with Crippen molar-refractivity contribution in [1.82, 2.24) is 0 Å². The van der Waals surface area contributed by atoms with Crippen LogP contribution < -0.4 is 0 Å². The van der Waals surface area contributed by atoms with Crippen molar-refractivity contribution in [2.45, 2.75) is 117 Å². The second-order valence-electron chi connectivity index (χ2n) is 6.87. The summed E-state index contributed by atoms with van der Waals surface area (Å²) in [6.07, 6.45) is 21.8. The Kier molecular flexibility index (Phi) is 25.2. The fourth-order valence-electron chi connectivity index (χ4n) is 3.11. The third kappa shape index (κ3) is 19.0. The molecule has 1 atom stereocenters. The molecule has 0 rings (SSSR count). The maximum absolute atomic E-state index is 9.47. The summed E-state index contributed by atoms with van der Waals surface area (Å²) >= 11 is 0. The third-order valence-electron chi connectivity index (χ3n) is 4.69. The number of hydrogen-bond acceptors (Lipinski definition) is 1. The van der Waals surface area contributed by atoms with Crippen LogP contribution in [0.2, 0.25) is 0 Å². The Morgan fingerprint density at radius 2 is 0.864 bits per heavy atom. The Morgan fingerprint density at radius 3 is 1.18 bits per heavy atom. The Morgan fingerprint density at radius 1 is 0.545 bits per heavy atom. The van der Waals surface area contributed by atoms with E-state index in [1.54, 1.807) is 0 Å². The van der Waals surface area contributed by atoms with Crippen LogP contribution in [0.1, 0.15) is 117 Å². The van der Waals surface area contributed by atoms with Crippen LogP contribution in [0.4, 0.5) is 0 Å². The van der Waals surface area contributed by atoms with E-state index in [-0.39, 0.29) is 29.6 Å². The van der Waals surface area contributed by atoms with E-state index in [1.807, 2.05) is 0 Å². The zero-order valence-electron chi connectivity index (χ0n) is 15.0. The number of rotatable bonds is 17. The summed E-state index contributed by atoms with van der Waals surface area (Å²) in [5.74, 6) is 0.580. The molecule has 0 aromatic carbocycles. The fraction of sp³-hybridized carbons (Fsp3) is 1.00. The summed E-state index contributed by atoms with van der Waals surface area (Å²) in [5, 5.41) is 9.47. The van der Waals surface area contributed by atoms with E-state index < -0.39 is 0 Å². The maximum atomic E-state index is 9.47. The second kappa shape index (κ2) is 22.0. The van der Waals surface area contributed by atoms with Gasteiger partial charge in [-0.25, -0.2) is 0 Å². The molecule has 0 aliphatic carbocycles. The van der Waals surface area contributed by atoms with Gasteiger partial charge in [0.1, 0.15) is 0 Å². The summed E-state index contributed by atoms with van der Waals surface area (Å²) in [6, 6.07) is 0. The van der Waals surface area contributed by atoms with Crippen molar-refractivity contribution < 1.29 is 5.11 Å². The van der Waals surface area contributed by atoms with Crippen LogP contribution in [-0.2, 0) is 0 Å². The van der Waals surface area contributed by atoms with Crippen LogP contribution in [0.5, 0.6) is 0 Å². The molecule has 1 unspecified atom stereocenters. The van der Waals surface area contributed by atoms with Gasteiger partial charge in [0, 0.05) is 6.61 Å². The van der Waals surface area contributed by atoms with Gasteiger partial charge in [0.05, 0.1) is 0 Å². The quantitative estimate of drug-likeness (QED) is 0.249. The van der Waals surface area contributed by atoms with E-state index in [4.69, 9.17) is 0 Å². The molecular weight excluding hydrogens is 279 g/mol. The predicted molar refractivity (Wildman–Crippen MR) is 103 cm³/mol. The molecule has 0 aliphatic rings. The Labute approximate surface area is 163 Å². The molecule has 0 fully saturated rings. The molecular formula is C20H43NaO. The van der Waals surface area contributed by atoms with Crippen molar-refractivity contribution in [2.24, 2.45) is 5.92 Å². The van der Waals surface area contributed by atoms with Crippen molar-refractivity contribution in [3.8, 4) is 0 Å². The van der Waals surface area contributed by atoms with Crippen LogP contribution >= 0.6 is 0 Å². The summed E-state index contributed by atoms with van der Waals surface area (Å²) < 4.78 is 0. The molecule has 0 saturated carbocycles. The fourth-order valence-corrected chi connectivity index (χ4v) is 3.11. The van der Waals surface area contributed by atoms with Gasteiger partial charge in [0.25, 0.3) is 0 Å². The van der Waals surface area contributed by atoms with Gasteiger partial charge in [-0.05, 0) is 18.8 Å². The molecule has 0 aromatic rings. The first-order valence-corrected chi connectivity index (χ1v) is 9.96. The first kappa shape index (κ1) is 25.2. The van der Waals surface area contributed by atoms with Crippen LogP contribution in [0.3, 0.4) is 0 Å². The monoisotopic (exact) mass is 322 g/mol. The van der Waals surface area contributed by atoms with Gasteiger partial charge in [0.15, 0.2) is 0 Å². The van der Waals surface area contributed by atoms with Gasteiger partial charge in [0.2, 0.25) is 0 Å². The number of unbranched alkanes of at least 4 members (excludes halogenated alkanes) is 12.